The molecular formula is C9H9F2NO3. The maximum absolute atomic E-state index is 13.0. The van der Waals surface area contributed by atoms with Crippen molar-refractivity contribution in [3.63, 3.8) is 0 Å². The smallest absolute Gasteiger partial charge is 0.325 e. The first-order valence-electron chi connectivity index (χ1n) is 4.02. The maximum atomic E-state index is 13.0. The number of rotatable bonds is 2. The first kappa shape index (κ1) is 11.4. The molecule has 0 heterocycles. The zero-order chi connectivity index (χ0) is 11.7. The van der Waals surface area contributed by atoms with Gasteiger partial charge in [-0.3, -0.25) is 4.79 Å². The summed E-state index contributed by atoms with van der Waals surface area (Å²) in [6.07, 6.45) is 0. The number of hydrogen-bond acceptors (Lipinski definition) is 3. The minimum atomic E-state index is -1.58. The van der Waals surface area contributed by atoms with E-state index in [9.17, 15) is 13.6 Å². The minimum absolute atomic E-state index is 0.114. The predicted molar refractivity (Wildman–Crippen MR) is 47.3 cm³/mol. The Bertz CT molecular complexity index is 420. The number of aromatic hydroxyl groups is 1. The van der Waals surface area contributed by atoms with Gasteiger partial charge >= 0.3 is 5.97 Å². The number of carboxylic acid groups (broad SMARTS) is 1. The number of phenolic OH excluding ortho intramolecular Hbond substituents is 1. The standard InChI is InChI=1S/C9H9F2NO3/c1-3-2-4(7(12)9(14)15)8(13)6(11)5(3)10/h2,7,13H,12H2,1H3,(H,14,15)/t7-/m0/s1. The molecular weight excluding hydrogens is 208 g/mol. The zero-order valence-corrected chi connectivity index (χ0v) is 7.79. The van der Waals surface area contributed by atoms with Crippen molar-refractivity contribution in [3.05, 3.63) is 28.8 Å². The Hall–Kier alpha value is -1.69. The third-order valence-electron chi connectivity index (χ3n) is 1.99. The second-order valence-corrected chi connectivity index (χ2v) is 3.08. The largest absolute Gasteiger partial charge is 0.504 e. The lowest BCUT2D eigenvalue weighted by atomic mass is 10.0. The molecule has 1 aromatic carbocycles. The molecule has 0 aliphatic heterocycles. The van der Waals surface area contributed by atoms with Gasteiger partial charge in [0.25, 0.3) is 0 Å². The van der Waals surface area contributed by atoms with Crippen LogP contribution in [0, 0.1) is 18.6 Å². The molecule has 0 aromatic heterocycles. The van der Waals surface area contributed by atoms with Crippen molar-refractivity contribution in [2.24, 2.45) is 5.73 Å². The molecule has 0 amide bonds. The van der Waals surface area contributed by atoms with Gasteiger partial charge in [-0.05, 0) is 18.6 Å². The first-order chi connectivity index (χ1) is 6.86. The van der Waals surface area contributed by atoms with Gasteiger partial charge in [-0.25, -0.2) is 4.39 Å². The Balaban J connectivity index is 3.38. The van der Waals surface area contributed by atoms with E-state index in [4.69, 9.17) is 15.9 Å². The number of carbonyl (C=O) groups is 1. The predicted octanol–water partition coefficient (Wildman–Crippen LogP) is 1.06. The van der Waals surface area contributed by atoms with Crippen molar-refractivity contribution in [1.82, 2.24) is 0 Å². The topological polar surface area (TPSA) is 83.6 Å². The van der Waals surface area contributed by atoms with Crippen LogP contribution in [0.15, 0.2) is 6.07 Å². The average molecular weight is 217 g/mol. The Morgan fingerprint density at radius 2 is 2.00 bits per heavy atom. The summed E-state index contributed by atoms with van der Waals surface area (Å²) < 4.78 is 25.9. The molecule has 0 fully saturated rings. The van der Waals surface area contributed by atoms with E-state index in [1.54, 1.807) is 0 Å². The molecule has 0 aliphatic carbocycles. The number of carboxylic acids is 1. The van der Waals surface area contributed by atoms with Crippen LogP contribution in [0.3, 0.4) is 0 Å². The van der Waals surface area contributed by atoms with E-state index in [2.05, 4.69) is 0 Å². The summed E-state index contributed by atoms with van der Waals surface area (Å²) in [5.41, 5.74) is 4.72. The van der Waals surface area contributed by atoms with Crippen LogP contribution < -0.4 is 5.73 Å². The number of phenols is 1. The van der Waals surface area contributed by atoms with Gasteiger partial charge in [0.05, 0.1) is 0 Å². The summed E-state index contributed by atoms with van der Waals surface area (Å²) in [6, 6.07) is -0.578. The first-order valence-corrected chi connectivity index (χ1v) is 4.02. The second kappa shape index (κ2) is 3.82. The highest BCUT2D eigenvalue weighted by atomic mass is 19.2. The quantitative estimate of drug-likeness (QED) is 0.691. The maximum Gasteiger partial charge on any atom is 0.325 e. The van der Waals surface area contributed by atoms with E-state index >= 15 is 0 Å². The van der Waals surface area contributed by atoms with Crippen molar-refractivity contribution in [3.8, 4) is 5.75 Å². The molecule has 1 rings (SSSR count). The highest BCUT2D eigenvalue weighted by Crippen LogP contribution is 2.29. The normalized spacial score (nSPS) is 12.5. The zero-order valence-electron chi connectivity index (χ0n) is 7.79. The van der Waals surface area contributed by atoms with Crippen LogP contribution in [0.5, 0.6) is 5.75 Å². The van der Waals surface area contributed by atoms with Gasteiger partial charge in [-0.2, -0.15) is 4.39 Å². The van der Waals surface area contributed by atoms with Crippen LogP contribution in [0.2, 0.25) is 0 Å². The average Bonchev–Trinajstić information content (AvgIpc) is 2.19. The summed E-state index contributed by atoms with van der Waals surface area (Å²) in [7, 11) is 0. The van der Waals surface area contributed by atoms with E-state index in [1.165, 1.54) is 6.92 Å². The van der Waals surface area contributed by atoms with Gasteiger partial charge in [0.2, 0.25) is 5.82 Å². The van der Waals surface area contributed by atoms with Crippen molar-refractivity contribution >= 4 is 5.97 Å². The highest BCUT2D eigenvalue weighted by Gasteiger charge is 2.23. The molecule has 82 valence electrons. The molecule has 0 radical (unpaired) electrons. The molecule has 0 aliphatic rings. The summed E-state index contributed by atoms with van der Waals surface area (Å²) in [6.45, 7) is 1.25. The van der Waals surface area contributed by atoms with Gasteiger partial charge in [0.15, 0.2) is 11.6 Å². The number of benzene rings is 1. The van der Waals surface area contributed by atoms with Crippen LogP contribution in [0.4, 0.5) is 8.78 Å². The molecule has 4 nitrogen and oxygen atoms in total. The molecule has 4 N–H and O–H groups in total. The minimum Gasteiger partial charge on any atom is -0.504 e. The second-order valence-electron chi connectivity index (χ2n) is 3.08. The monoisotopic (exact) mass is 217 g/mol. The Labute approximate surface area is 83.9 Å². The molecule has 1 atom stereocenters. The third-order valence-corrected chi connectivity index (χ3v) is 1.99. The van der Waals surface area contributed by atoms with Gasteiger partial charge in [-0.1, -0.05) is 0 Å². The fraction of sp³-hybridized carbons (Fsp3) is 0.222. The summed E-state index contributed by atoms with van der Waals surface area (Å²) >= 11 is 0. The van der Waals surface area contributed by atoms with E-state index in [0.717, 1.165) is 6.07 Å². The van der Waals surface area contributed by atoms with Gasteiger partial charge < -0.3 is 15.9 Å². The number of aliphatic carboxylic acids is 1. The number of aryl methyl sites for hydroxylation is 1. The lowest BCUT2D eigenvalue weighted by Gasteiger charge is -2.11. The van der Waals surface area contributed by atoms with E-state index < -0.39 is 29.4 Å². The Morgan fingerprint density at radius 1 is 1.47 bits per heavy atom. The lowest BCUT2D eigenvalue weighted by molar-refractivity contribution is -0.138. The van der Waals surface area contributed by atoms with Crippen LogP contribution in [0.1, 0.15) is 17.2 Å². The number of hydrogen-bond donors (Lipinski definition) is 3. The van der Waals surface area contributed by atoms with E-state index in [0.29, 0.717) is 0 Å². The van der Waals surface area contributed by atoms with Gasteiger partial charge in [0.1, 0.15) is 6.04 Å². The SMILES string of the molecule is Cc1cc([C@H](N)C(=O)O)c(O)c(F)c1F. The van der Waals surface area contributed by atoms with Crippen LogP contribution >= 0.6 is 0 Å². The number of nitrogens with two attached hydrogens (primary N) is 1. The molecule has 0 unspecified atom stereocenters. The fourth-order valence-electron chi connectivity index (χ4n) is 1.14. The van der Waals surface area contributed by atoms with E-state index in [1.807, 2.05) is 0 Å². The van der Waals surface area contributed by atoms with Crippen molar-refractivity contribution in [1.29, 1.82) is 0 Å². The summed E-state index contributed by atoms with van der Waals surface area (Å²) in [5, 5.41) is 17.7. The highest BCUT2D eigenvalue weighted by molar-refractivity contribution is 5.76. The third kappa shape index (κ3) is 1.89. The molecule has 0 saturated carbocycles. The molecule has 1 aromatic rings. The number of halogens is 2. The van der Waals surface area contributed by atoms with Crippen LogP contribution in [-0.2, 0) is 4.79 Å². The Kier molecular flexibility index (Phi) is 2.90. The van der Waals surface area contributed by atoms with Crippen LogP contribution in [0.25, 0.3) is 0 Å². The van der Waals surface area contributed by atoms with Gasteiger partial charge in [-0.15, -0.1) is 0 Å². The van der Waals surface area contributed by atoms with Gasteiger partial charge in [0, 0.05) is 5.56 Å². The van der Waals surface area contributed by atoms with Crippen molar-refractivity contribution in [2.75, 3.05) is 0 Å². The van der Waals surface area contributed by atoms with Crippen LogP contribution in [-0.4, -0.2) is 16.2 Å². The molecule has 0 bridgehead atoms. The van der Waals surface area contributed by atoms with Crippen molar-refractivity contribution < 1.29 is 23.8 Å². The lowest BCUT2D eigenvalue weighted by Crippen LogP contribution is -2.21. The molecule has 0 saturated heterocycles. The molecule has 15 heavy (non-hydrogen) atoms. The van der Waals surface area contributed by atoms with Crippen molar-refractivity contribution in [2.45, 2.75) is 13.0 Å². The Morgan fingerprint density at radius 3 is 2.47 bits per heavy atom. The molecule has 0 spiro atoms. The fourth-order valence-corrected chi connectivity index (χ4v) is 1.14. The summed E-state index contributed by atoms with van der Waals surface area (Å²) in [4.78, 5) is 10.5. The van der Waals surface area contributed by atoms with E-state index in [-0.39, 0.29) is 11.1 Å². The summed E-state index contributed by atoms with van der Waals surface area (Å²) in [5.74, 6) is -5.20. The molecule has 6 heteroatoms.